The van der Waals surface area contributed by atoms with Crippen LogP contribution in [0.5, 0.6) is 5.75 Å². The number of hydrogen-bond donors (Lipinski definition) is 1. The first-order valence-corrected chi connectivity index (χ1v) is 18.3. The third-order valence-corrected chi connectivity index (χ3v) is 13.1. The number of aldehydes is 1. The minimum Gasteiger partial charge on any atom is -0.490 e. The fourth-order valence-corrected chi connectivity index (χ4v) is 9.93. The summed E-state index contributed by atoms with van der Waals surface area (Å²) < 4.78 is 34.4. The fraction of sp³-hybridized carbons (Fsp3) is 0.611. The number of benzene rings is 1. The number of carbonyl (C=O) groups is 2. The molecular formula is C36H47ClN2O6S. The second kappa shape index (κ2) is 14.0. The number of amides is 1. The maximum atomic E-state index is 13.6. The quantitative estimate of drug-likeness (QED) is 0.236. The van der Waals surface area contributed by atoms with Gasteiger partial charge in [0.15, 0.2) is 6.29 Å². The molecule has 8 nitrogen and oxygen atoms in total. The molecule has 0 saturated heterocycles. The summed E-state index contributed by atoms with van der Waals surface area (Å²) in [5.74, 6) is 0.534. The Morgan fingerprint density at radius 3 is 2.85 bits per heavy atom. The molecule has 6 unspecified atom stereocenters. The van der Waals surface area contributed by atoms with Crippen LogP contribution in [-0.2, 0) is 25.3 Å². The van der Waals surface area contributed by atoms with E-state index in [9.17, 15) is 13.8 Å². The van der Waals surface area contributed by atoms with E-state index < -0.39 is 16.6 Å². The van der Waals surface area contributed by atoms with Gasteiger partial charge in [-0.05, 0) is 93.1 Å². The van der Waals surface area contributed by atoms with Crippen molar-refractivity contribution < 1.29 is 28.0 Å². The van der Waals surface area contributed by atoms with Gasteiger partial charge in [-0.1, -0.05) is 30.7 Å². The lowest BCUT2D eigenvalue weighted by Gasteiger charge is -2.49. The Bertz CT molecular complexity index is 1450. The molecule has 6 rings (SSSR count). The van der Waals surface area contributed by atoms with Crippen molar-refractivity contribution in [2.24, 2.45) is 23.2 Å². The first-order chi connectivity index (χ1) is 22.2. The highest BCUT2D eigenvalue weighted by atomic mass is 35.5. The Balaban J connectivity index is 1.42. The summed E-state index contributed by atoms with van der Waals surface area (Å²) in [6, 6.07) is 5.53. The fourth-order valence-electron chi connectivity index (χ4n) is 8.38. The van der Waals surface area contributed by atoms with Gasteiger partial charge in [-0.25, -0.2) is 4.21 Å². The van der Waals surface area contributed by atoms with Crippen LogP contribution in [0.3, 0.4) is 0 Å². The molecule has 2 aliphatic heterocycles. The summed E-state index contributed by atoms with van der Waals surface area (Å²) in [6.45, 7) is 4.41. The number of rotatable bonds is 5. The molecule has 2 heterocycles. The third-order valence-electron chi connectivity index (χ3n) is 11.1. The van der Waals surface area contributed by atoms with Crippen molar-refractivity contribution in [3.05, 3.63) is 59.2 Å². The SMILES string of the molecule is COCCC1C(C)C/C=C/[C@@](C=O)(OC)C2CCC2CN2C[C@@]3(CCCC4=C3C=CC(Cl)C4)COc3ccc(cc32)C(=O)NS1=O. The normalized spacial score (nSPS) is 36.9. The van der Waals surface area contributed by atoms with E-state index in [-0.39, 0.29) is 39.7 Å². The lowest BCUT2D eigenvalue weighted by molar-refractivity contribution is -0.136. The van der Waals surface area contributed by atoms with E-state index in [1.165, 1.54) is 11.1 Å². The highest BCUT2D eigenvalue weighted by molar-refractivity contribution is 7.84. The molecule has 1 saturated carbocycles. The zero-order chi connectivity index (χ0) is 32.5. The van der Waals surface area contributed by atoms with Crippen LogP contribution in [0.2, 0.25) is 0 Å². The summed E-state index contributed by atoms with van der Waals surface area (Å²) >= 11 is 6.57. The van der Waals surface area contributed by atoms with Crippen LogP contribution in [0.1, 0.15) is 68.6 Å². The van der Waals surface area contributed by atoms with Gasteiger partial charge in [0.2, 0.25) is 0 Å². The molecule has 8 atom stereocenters. The van der Waals surface area contributed by atoms with Gasteiger partial charge in [0.25, 0.3) is 5.91 Å². The summed E-state index contributed by atoms with van der Waals surface area (Å²) in [4.78, 5) is 28.8. The number of methoxy groups -OCH3 is 2. The maximum absolute atomic E-state index is 13.6. The Labute approximate surface area is 280 Å². The van der Waals surface area contributed by atoms with E-state index in [1.54, 1.807) is 20.3 Å². The van der Waals surface area contributed by atoms with E-state index in [4.69, 9.17) is 25.8 Å². The number of carbonyl (C=O) groups excluding carboxylic acids is 2. The van der Waals surface area contributed by atoms with Gasteiger partial charge >= 0.3 is 0 Å². The maximum Gasteiger partial charge on any atom is 0.263 e. The Morgan fingerprint density at radius 2 is 2.11 bits per heavy atom. The number of alkyl halides is 1. The van der Waals surface area contributed by atoms with Crippen molar-refractivity contribution in [3.8, 4) is 5.75 Å². The summed E-state index contributed by atoms with van der Waals surface area (Å²) in [6.07, 6.45) is 16.2. The molecule has 1 fully saturated rings. The minimum absolute atomic E-state index is 0.00986. The monoisotopic (exact) mass is 670 g/mol. The number of hydrogen-bond acceptors (Lipinski definition) is 7. The van der Waals surface area contributed by atoms with Gasteiger partial charge in [0.05, 0.1) is 22.9 Å². The molecule has 1 aromatic rings. The first-order valence-electron chi connectivity index (χ1n) is 16.7. The molecule has 1 N–H and O–H groups in total. The number of nitrogens with zero attached hydrogens (tertiary/aromatic N) is 1. The van der Waals surface area contributed by atoms with E-state index in [1.807, 2.05) is 31.2 Å². The first kappa shape index (κ1) is 33.4. The number of halogens is 1. The lowest BCUT2D eigenvalue weighted by atomic mass is 9.64. The molecule has 0 radical (unpaired) electrons. The Morgan fingerprint density at radius 1 is 1.26 bits per heavy atom. The topological polar surface area (TPSA) is 94.2 Å². The van der Waals surface area contributed by atoms with Gasteiger partial charge in [0.1, 0.15) is 22.3 Å². The zero-order valence-electron chi connectivity index (χ0n) is 27.2. The van der Waals surface area contributed by atoms with Gasteiger partial charge in [-0.3, -0.25) is 14.3 Å². The zero-order valence-corrected chi connectivity index (χ0v) is 28.7. The molecule has 10 heteroatoms. The second-order valence-corrected chi connectivity index (χ2v) is 15.8. The molecule has 2 bridgehead atoms. The second-order valence-electron chi connectivity index (χ2n) is 13.9. The molecule has 46 heavy (non-hydrogen) atoms. The highest BCUT2D eigenvalue weighted by Crippen LogP contribution is 2.51. The molecule has 250 valence electrons. The standard InChI is InChI=1S/C36H47ClN2O6S/c1-24-6-4-16-36(22-40,44-3)30-11-8-27(30)20-39-21-35(15-5-7-25-18-28(37)10-12-29(25)35)23-45-32-13-9-26(19-31(32)39)34(41)38-46(42)33(24)14-17-43-2/h4,9-10,12-13,16,19,22,24,27-28,30,33H,5-8,11,14-15,17-18,20-21,23H2,1-3H3,(H,38,41)/b16-4+/t24?,27?,28?,30?,33?,35-,36-,46?/m0/s1. The molecule has 5 aliphatic rings. The Kier molecular flexibility index (Phi) is 10.1. The van der Waals surface area contributed by atoms with Crippen LogP contribution in [-0.4, -0.2) is 73.2 Å². The predicted octanol–water partition coefficient (Wildman–Crippen LogP) is 5.92. The van der Waals surface area contributed by atoms with Crippen molar-refractivity contribution in [2.45, 2.75) is 74.5 Å². The number of nitrogens with one attached hydrogen (secondary N) is 1. The predicted molar refractivity (Wildman–Crippen MR) is 182 cm³/mol. The van der Waals surface area contributed by atoms with E-state index in [0.717, 1.165) is 62.8 Å². The van der Waals surface area contributed by atoms with E-state index >= 15 is 0 Å². The molecular weight excluding hydrogens is 624 g/mol. The number of ether oxygens (including phenoxy) is 3. The van der Waals surface area contributed by atoms with E-state index in [0.29, 0.717) is 38.2 Å². The van der Waals surface area contributed by atoms with Crippen LogP contribution in [0.4, 0.5) is 5.69 Å². The van der Waals surface area contributed by atoms with Crippen molar-refractivity contribution >= 4 is 40.5 Å². The number of anilines is 1. The van der Waals surface area contributed by atoms with Crippen molar-refractivity contribution in [3.63, 3.8) is 0 Å². The largest absolute Gasteiger partial charge is 0.490 e. The third kappa shape index (κ3) is 6.37. The van der Waals surface area contributed by atoms with Crippen LogP contribution >= 0.6 is 11.6 Å². The van der Waals surface area contributed by atoms with Gasteiger partial charge in [-0.15, -0.1) is 11.6 Å². The minimum atomic E-state index is -1.65. The average Bonchev–Trinajstić information content (AvgIpc) is 3.19. The highest BCUT2D eigenvalue weighted by Gasteiger charge is 2.49. The van der Waals surface area contributed by atoms with Gasteiger partial charge in [-0.2, -0.15) is 0 Å². The van der Waals surface area contributed by atoms with Crippen molar-refractivity contribution in [1.29, 1.82) is 0 Å². The van der Waals surface area contributed by atoms with Crippen LogP contribution < -0.4 is 14.4 Å². The number of fused-ring (bicyclic) bond motifs is 3. The average molecular weight is 671 g/mol. The van der Waals surface area contributed by atoms with Crippen LogP contribution in [0.25, 0.3) is 0 Å². The van der Waals surface area contributed by atoms with Gasteiger partial charge in [0, 0.05) is 50.8 Å². The summed E-state index contributed by atoms with van der Waals surface area (Å²) in [5, 5.41) is -0.324. The summed E-state index contributed by atoms with van der Waals surface area (Å²) in [5.41, 5.74) is 2.79. The summed E-state index contributed by atoms with van der Waals surface area (Å²) in [7, 11) is 1.58. The van der Waals surface area contributed by atoms with E-state index in [2.05, 4.69) is 21.8 Å². The Hall–Kier alpha value is -2.46. The lowest BCUT2D eigenvalue weighted by Crippen LogP contribution is -2.53. The molecule has 1 spiro atoms. The molecule has 0 aromatic heterocycles. The molecule has 3 aliphatic carbocycles. The van der Waals surface area contributed by atoms with Gasteiger partial charge < -0.3 is 19.1 Å². The van der Waals surface area contributed by atoms with Crippen molar-refractivity contribution in [2.75, 3.05) is 45.4 Å². The van der Waals surface area contributed by atoms with Crippen LogP contribution in [0.15, 0.2) is 53.6 Å². The van der Waals surface area contributed by atoms with Crippen molar-refractivity contribution in [1.82, 2.24) is 4.72 Å². The molecule has 1 aromatic carbocycles. The van der Waals surface area contributed by atoms with Crippen LogP contribution in [0, 0.1) is 23.2 Å². The smallest absolute Gasteiger partial charge is 0.263 e. The molecule has 1 amide bonds. The number of allylic oxidation sites excluding steroid dienone is 4.